The Kier molecular flexibility index (Phi) is 6.25. The first-order valence-corrected chi connectivity index (χ1v) is 8.06. The van der Waals surface area contributed by atoms with Gasteiger partial charge in [0.1, 0.15) is 17.5 Å². The molecule has 122 valence electrons. The van der Waals surface area contributed by atoms with E-state index in [1.165, 1.54) is 6.20 Å². The number of hydrogen-bond acceptors (Lipinski definition) is 3. The summed E-state index contributed by atoms with van der Waals surface area (Å²) < 4.78 is 5.63. The van der Waals surface area contributed by atoms with Crippen LogP contribution < -0.4 is 10.1 Å². The number of rotatable bonds is 6. The highest BCUT2D eigenvalue weighted by molar-refractivity contribution is 6.41. The molecule has 0 aliphatic rings. The van der Waals surface area contributed by atoms with Crippen molar-refractivity contribution in [1.82, 2.24) is 10.3 Å². The first kappa shape index (κ1) is 17.6. The molecule has 1 amide bonds. The molecule has 0 aliphatic carbocycles. The first-order chi connectivity index (χ1) is 11.0. The number of carbonyl (C=O) groups excluding carboxylic acids is 1. The summed E-state index contributed by atoms with van der Waals surface area (Å²) >= 11 is 11.7. The van der Waals surface area contributed by atoms with Crippen molar-refractivity contribution in [3.8, 4) is 5.75 Å². The van der Waals surface area contributed by atoms with E-state index in [4.69, 9.17) is 27.9 Å². The summed E-state index contributed by atoms with van der Waals surface area (Å²) in [7, 11) is 0. The summed E-state index contributed by atoms with van der Waals surface area (Å²) in [6.07, 6.45) is 2.25. The van der Waals surface area contributed by atoms with Crippen molar-refractivity contribution in [1.29, 1.82) is 0 Å². The minimum atomic E-state index is -0.118. The van der Waals surface area contributed by atoms with Gasteiger partial charge >= 0.3 is 0 Å². The third kappa shape index (κ3) is 5.12. The lowest BCUT2D eigenvalue weighted by molar-refractivity contribution is 0.0920. The molecule has 0 saturated heterocycles. The van der Waals surface area contributed by atoms with Crippen LogP contribution in [0.3, 0.4) is 0 Å². The highest BCUT2D eigenvalue weighted by Gasteiger charge is 2.13. The van der Waals surface area contributed by atoms with E-state index in [-0.39, 0.29) is 17.1 Å². The van der Waals surface area contributed by atoms with Crippen LogP contribution in [0.1, 0.15) is 29.3 Å². The number of pyridine rings is 1. The molecule has 0 radical (unpaired) electrons. The third-order valence-corrected chi connectivity index (χ3v) is 4.05. The molecule has 1 N–H and O–H groups in total. The van der Waals surface area contributed by atoms with Crippen LogP contribution in [0.5, 0.6) is 5.75 Å². The molecule has 1 heterocycles. The van der Waals surface area contributed by atoms with Crippen LogP contribution in [-0.4, -0.2) is 23.5 Å². The first-order valence-electron chi connectivity index (χ1n) is 7.31. The molecule has 4 nitrogen and oxygen atoms in total. The lowest BCUT2D eigenvalue weighted by Gasteiger charge is -2.18. The zero-order valence-corrected chi connectivity index (χ0v) is 14.5. The van der Waals surface area contributed by atoms with Crippen molar-refractivity contribution in [3.63, 3.8) is 0 Å². The van der Waals surface area contributed by atoms with Gasteiger partial charge in [-0.1, -0.05) is 47.8 Å². The van der Waals surface area contributed by atoms with Gasteiger partial charge in [0.15, 0.2) is 0 Å². The van der Waals surface area contributed by atoms with Gasteiger partial charge in [0.25, 0.3) is 5.91 Å². The van der Waals surface area contributed by atoms with Crippen molar-refractivity contribution < 1.29 is 9.53 Å². The predicted molar refractivity (Wildman–Crippen MR) is 92.5 cm³/mol. The van der Waals surface area contributed by atoms with Crippen LogP contribution in [0.2, 0.25) is 10.2 Å². The summed E-state index contributed by atoms with van der Waals surface area (Å²) in [6, 6.07) is 8.92. The van der Waals surface area contributed by atoms with E-state index < -0.39 is 0 Å². The molecular formula is C17H18Cl2N2O2. The average molecular weight is 353 g/mol. The fourth-order valence-electron chi connectivity index (χ4n) is 1.91. The number of halogens is 2. The van der Waals surface area contributed by atoms with Gasteiger partial charge in [-0.2, -0.15) is 0 Å². The van der Waals surface area contributed by atoms with Crippen LogP contribution in [0.25, 0.3) is 0 Å². The van der Waals surface area contributed by atoms with Crippen molar-refractivity contribution in [2.75, 3.05) is 6.61 Å². The molecule has 0 saturated carbocycles. The highest BCUT2D eigenvalue weighted by Crippen LogP contribution is 2.23. The number of aryl methyl sites for hydroxylation is 1. The van der Waals surface area contributed by atoms with E-state index in [0.717, 1.165) is 12.0 Å². The Morgan fingerprint density at radius 2 is 2.00 bits per heavy atom. The fraction of sp³-hybridized carbons (Fsp3) is 0.294. The molecule has 1 aromatic heterocycles. The smallest absolute Gasteiger partial charge is 0.251 e. The fourth-order valence-corrected chi connectivity index (χ4v) is 2.17. The maximum absolute atomic E-state index is 12.2. The molecule has 1 atom stereocenters. The zero-order valence-electron chi connectivity index (χ0n) is 13.0. The minimum absolute atomic E-state index is 0.113. The van der Waals surface area contributed by atoms with Gasteiger partial charge in [-0.15, -0.1) is 0 Å². The number of benzene rings is 1. The molecule has 1 aromatic carbocycles. The number of aromatic nitrogens is 1. The second-order valence-electron chi connectivity index (χ2n) is 5.20. The number of nitrogens with one attached hydrogen (secondary N) is 1. The van der Waals surface area contributed by atoms with Gasteiger partial charge in [-0.05, 0) is 25.5 Å². The Bertz CT molecular complexity index is 675. The Morgan fingerprint density at radius 3 is 2.61 bits per heavy atom. The SMILES string of the molecule is CCC(COc1cnc(Cl)c(Cl)c1)NC(=O)c1ccc(C)cc1. The topological polar surface area (TPSA) is 51.2 Å². The lowest BCUT2D eigenvalue weighted by Crippen LogP contribution is -2.38. The third-order valence-electron chi connectivity index (χ3n) is 3.36. The van der Waals surface area contributed by atoms with E-state index in [9.17, 15) is 4.79 Å². The number of hydrogen-bond donors (Lipinski definition) is 1. The maximum atomic E-state index is 12.2. The van der Waals surface area contributed by atoms with Crippen LogP contribution in [-0.2, 0) is 0 Å². The molecule has 1 unspecified atom stereocenters. The van der Waals surface area contributed by atoms with Crippen molar-refractivity contribution in [2.24, 2.45) is 0 Å². The average Bonchev–Trinajstić information content (AvgIpc) is 2.55. The van der Waals surface area contributed by atoms with Crippen LogP contribution in [0.15, 0.2) is 36.5 Å². The summed E-state index contributed by atoms with van der Waals surface area (Å²) in [5.41, 5.74) is 1.74. The quantitative estimate of drug-likeness (QED) is 0.789. The van der Waals surface area contributed by atoms with Crippen molar-refractivity contribution >= 4 is 29.1 Å². The molecular weight excluding hydrogens is 335 g/mol. The molecule has 6 heteroatoms. The monoisotopic (exact) mass is 352 g/mol. The molecule has 23 heavy (non-hydrogen) atoms. The van der Waals surface area contributed by atoms with E-state index in [0.29, 0.717) is 22.9 Å². The zero-order chi connectivity index (χ0) is 16.8. The van der Waals surface area contributed by atoms with E-state index in [1.807, 2.05) is 26.0 Å². The van der Waals surface area contributed by atoms with Crippen LogP contribution >= 0.6 is 23.2 Å². The van der Waals surface area contributed by atoms with Crippen LogP contribution in [0.4, 0.5) is 0 Å². The maximum Gasteiger partial charge on any atom is 0.251 e. The summed E-state index contributed by atoms with van der Waals surface area (Å²) in [5.74, 6) is 0.398. The van der Waals surface area contributed by atoms with Gasteiger partial charge in [-0.3, -0.25) is 4.79 Å². The molecule has 0 fully saturated rings. The lowest BCUT2D eigenvalue weighted by atomic mass is 10.1. The van der Waals surface area contributed by atoms with Gasteiger partial charge in [0, 0.05) is 11.6 Å². The highest BCUT2D eigenvalue weighted by atomic mass is 35.5. The molecule has 2 rings (SSSR count). The second-order valence-corrected chi connectivity index (χ2v) is 5.96. The van der Waals surface area contributed by atoms with Crippen LogP contribution in [0, 0.1) is 6.92 Å². The standard InChI is InChI=1S/C17H18Cl2N2O2/c1-3-13(10-23-14-8-15(18)16(19)20-9-14)21-17(22)12-6-4-11(2)5-7-12/h4-9,13H,3,10H2,1-2H3,(H,21,22). The van der Waals surface area contributed by atoms with Gasteiger partial charge in [-0.25, -0.2) is 4.98 Å². The molecule has 0 bridgehead atoms. The Balaban J connectivity index is 1.93. The van der Waals surface area contributed by atoms with Gasteiger partial charge in [0.2, 0.25) is 0 Å². The second kappa shape index (κ2) is 8.18. The summed E-state index contributed by atoms with van der Waals surface area (Å²) in [6.45, 7) is 4.29. The summed E-state index contributed by atoms with van der Waals surface area (Å²) in [4.78, 5) is 16.1. The largest absolute Gasteiger partial charge is 0.490 e. The van der Waals surface area contributed by atoms with Gasteiger partial charge in [0.05, 0.1) is 17.3 Å². The van der Waals surface area contributed by atoms with Crippen molar-refractivity contribution in [2.45, 2.75) is 26.3 Å². The number of ether oxygens (including phenoxy) is 1. The Labute approximate surface area is 145 Å². The molecule has 0 aliphatic heterocycles. The van der Waals surface area contributed by atoms with E-state index in [1.54, 1.807) is 18.2 Å². The number of amides is 1. The number of nitrogens with zero attached hydrogens (tertiary/aromatic N) is 1. The Hall–Kier alpha value is -1.78. The van der Waals surface area contributed by atoms with E-state index in [2.05, 4.69) is 10.3 Å². The normalized spacial score (nSPS) is 11.8. The van der Waals surface area contributed by atoms with Gasteiger partial charge < -0.3 is 10.1 Å². The minimum Gasteiger partial charge on any atom is -0.490 e. The Morgan fingerprint density at radius 1 is 1.30 bits per heavy atom. The number of carbonyl (C=O) groups is 1. The summed E-state index contributed by atoms with van der Waals surface area (Å²) in [5, 5.41) is 3.52. The predicted octanol–water partition coefficient (Wildman–Crippen LogP) is 4.28. The van der Waals surface area contributed by atoms with Crippen molar-refractivity contribution in [3.05, 3.63) is 57.8 Å². The van der Waals surface area contributed by atoms with E-state index >= 15 is 0 Å². The molecule has 0 spiro atoms. The molecule has 2 aromatic rings.